The first-order chi connectivity index (χ1) is 13.3. The molecule has 0 amide bonds. The molecule has 0 aliphatic rings. The lowest BCUT2D eigenvalue weighted by molar-refractivity contribution is 1.01. The molecule has 6 heteroatoms. The second-order valence-electron chi connectivity index (χ2n) is 5.86. The third-order valence-corrected chi connectivity index (χ3v) is 3.95. The van der Waals surface area contributed by atoms with Gasteiger partial charge in [-0.2, -0.15) is 4.98 Å². The lowest BCUT2D eigenvalue weighted by atomic mass is 10.2. The minimum atomic E-state index is 0.460. The summed E-state index contributed by atoms with van der Waals surface area (Å²) >= 11 is 0. The van der Waals surface area contributed by atoms with Crippen LogP contribution < -0.4 is 16.0 Å². The Hall–Kier alpha value is -3.93. The number of rotatable bonds is 5. The minimum Gasteiger partial charge on any atom is -0.399 e. The first-order valence-corrected chi connectivity index (χ1v) is 8.51. The van der Waals surface area contributed by atoms with Crippen LogP contribution in [-0.2, 0) is 0 Å². The third kappa shape index (κ3) is 3.85. The van der Waals surface area contributed by atoms with Crippen LogP contribution in [0.2, 0.25) is 0 Å². The van der Waals surface area contributed by atoms with Crippen molar-refractivity contribution in [3.8, 4) is 0 Å². The number of hydrogen-bond acceptors (Lipinski definition) is 6. The van der Waals surface area contributed by atoms with Gasteiger partial charge in [0.15, 0.2) is 0 Å². The molecule has 0 aliphatic carbocycles. The van der Waals surface area contributed by atoms with Crippen molar-refractivity contribution >= 4 is 34.6 Å². The van der Waals surface area contributed by atoms with Gasteiger partial charge in [0.25, 0.3) is 0 Å². The molecule has 3 aromatic carbocycles. The Bertz CT molecular complexity index is 964. The van der Waals surface area contributed by atoms with Crippen molar-refractivity contribution in [2.24, 2.45) is 0 Å². The normalized spacial score (nSPS) is 10.4. The highest BCUT2D eigenvalue weighted by Crippen LogP contribution is 2.31. The molecule has 3 N–H and O–H groups in total. The number of hydrogen-bond donors (Lipinski definition) is 2. The lowest BCUT2D eigenvalue weighted by Gasteiger charge is -2.23. The summed E-state index contributed by atoms with van der Waals surface area (Å²) in [6, 6.07) is 27.4. The fraction of sp³-hybridized carbons (Fsp3) is 0. The van der Waals surface area contributed by atoms with Crippen LogP contribution in [-0.4, -0.2) is 15.0 Å². The van der Waals surface area contributed by atoms with Crippen molar-refractivity contribution in [3.05, 3.63) is 91.3 Å². The van der Waals surface area contributed by atoms with Gasteiger partial charge in [0.2, 0.25) is 11.9 Å². The van der Waals surface area contributed by atoms with Gasteiger partial charge >= 0.3 is 0 Å². The van der Waals surface area contributed by atoms with Crippen molar-refractivity contribution < 1.29 is 0 Å². The zero-order chi connectivity index (χ0) is 18.5. The summed E-state index contributed by atoms with van der Waals surface area (Å²) in [6.45, 7) is 0. The van der Waals surface area contributed by atoms with Crippen LogP contribution in [0.4, 0.5) is 34.6 Å². The van der Waals surface area contributed by atoms with Crippen LogP contribution in [0.15, 0.2) is 91.3 Å². The number of anilines is 6. The maximum Gasteiger partial charge on any atom is 0.239 e. The first kappa shape index (κ1) is 16.5. The van der Waals surface area contributed by atoms with E-state index >= 15 is 0 Å². The fourth-order valence-corrected chi connectivity index (χ4v) is 2.69. The van der Waals surface area contributed by atoms with E-state index in [1.807, 2.05) is 89.8 Å². The summed E-state index contributed by atoms with van der Waals surface area (Å²) in [5.41, 5.74) is 9.23. The van der Waals surface area contributed by atoms with E-state index in [1.54, 1.807) is 0 Å². The molecule has 6 nitrogen and oxygen atoms in total. The van der Waals surface area contributed by atoms with Crippen LogP contribution in [0, 0.1) is 0 Å². The standard InChI is InChI=1S/C21H18N6/c22-16-11-13-17(14-12-16)25-20-23-15-24-21(26-20)27(18-7-3-1-4-8-18)19-9-5-2-6-10-19/h1-15H,22H2,(H,23,24,25,26). The van der Waals surface area contributed by atoms with Crippen LogP contribution in [0.1, 0.15) is 0 Å². The van der Waals surface area contributed by atoms with Crippen molar-refractivity contribution in [2.45, 2.75) is 0 Å². The molecule has 0 atom stereocenters. The zero-order valence-corrected chi connectivity index (χ0v) is 14.5. The van der Waals surface area contributed by atoms with Gasteiger partial charge in [-0.3, -0.25) is 4.90 Å². The molecule has 0 bridgehead atoms. The Morgan fingerprint density at radius 1 is 0.704 bits per heavy atom. The number of benzene rings is 3. The minimum absolute atomic E-state index is 0.460. The van der Waals surface area contributed by atoms with Crippen molar-refractivity contribution in [2.75, 3.05) is 16.0 Å². The number of para-hydroxylation sites is 2. The molecule has 0 fully saturated rings. The highest BCUT2D eigenvalue weighted by molar-refractivity contribution is 5.72. The first-order valence-electron chi connectivity index (χ1n) is 8.51. The average molecular weight is 354 g/mol. The topological polar surface area (TPSA) is 80.0 Å². The van der Waals surface area contributed by atoms with E-state index in [2.05, 4.69) is 20.3 Å². The maximum absolute atomic E-state index is 5.74. The van der Waals surface area contributed by atoms with E-state index in [9.17, 15) is 0 Å². The molecular formula is C21H18N6. The van der Waals surface area contributed by atoms with Gasteiger partial charge in [-0.25, -0.2) is 9.97 Å². The molecule has 0 spiro atoms. The smallest absolute Gasteiger partial charge is 0.239 e. The Kier molecular flexibility index (Phi) is 4.61. The second-order valence-corrected chi connectivity index (χ2v) is 5.86. The molecule has 27 heavy (non-hydrogen) atoms. The molecule has 132 valence electrons. The van der Waals surface area contributed by atoms with Gasteiger partial charge in [-0.15, -0.1) is 0 Å². The summed E-state index contributed by atoms with van der Waals surface area (Å²) < 4.78 is 0. The van der Waals surface area contributed by atoms with Gasteiger partial charge in [-0.05, 0) is 48.5 Å². The summed E-state index contributed by atoms with van der Waals surface area (Å²) in [6.07, 6.45) is 1.50. The lowest BCUT2D eigenvalue weighted by Crippen LogP contribution is -2.14. The van der Waals surface area contributed by atoms with E-state index in [4.69, 9.17) is 5.73 Å². The molecule has 0 saturated heterocycles. The monoisotopic (exact) mass is 354 g/mol. The van der Waals surface area contributed by atoms with Crippen molar-refractivity contribution in [1.82, 2.24) is 15.0 Å². The number of nitrogens with one attached hydrogen (secondary N) is 1. The molecule has 4 rings (SSSR count). The van der Waals surface area contributed by atoms with Crippen LogP contribution in [0.3, 0.4) is 0 Å². The van der Waals surface area contributed by atoms with Gasteiger partial charge in [-0.1, -0.05) is 36.4 Å². The summed E-state index contributed by atoms with van der Waals surface area (Å²) in [5, 5.41) is 3.18. The molecule has 4 aromatic rings. The SMILES string of the molecule is Nc1ccc(Nc2ncnc(N(c3ccccc3)c3ccccc3)n2)cc1. The van der Waals surface area contributed by atoms with Gasteiger partial charge in [0.1, 0.15) is 6.33 Å². The van der Waals surface area contributed by atoms with Gasteiger partial charge in [0, 0.05) is 22.7 Å². The second kappa shape index (κ2) is 7.53. The largest absolute Gasteiger partial charge is 0.399 e. The van der Waals surface area contributed by atoms with Crippen LogP contribution in [0.5, 0.6) is 0 Å². The quantitative estimate of drug-likeness (QED) is 0.507. The van der Waals surface area contributed by atoms with E-state index < -0.39 is 0 Å². The van der Waals surface area contributed by atoms with E-state index in [0.29, 0.717) is 17.6 Å². The highest BCUT2D eigenvalue weighted by atomic mass is 15.3. The van der Waals surface area contributed by atoms with Crippen molar-refractivity contribution in [3.63, 3.8) is 0 Å². The third-order valence-electron chi connectivity index (χ3n) is 3.95. The van der Waals surface area contributed by atoms with Gasteiger partial charge < -0.3 is 11.1 Å². The van der Waals surface area contributed by atoms with E-state index in [0.717, 1.165) is 17.1 Å². The Morgan fingerprint density at radius 3 is 1.89 bits per heavy atom. The Morgan fingerprint density at radius 2 is 1.30 bits per heavy atom. The molecule has 0 aliphatic heterocycles. The van der Waals surface area contributed by atoms with E-state index in [-0.39, 0.29) is 0 Å². The van der Waals surface area contributed by atoms with Gasteiger partial charge in [0.05, 0.1) is 0 Å². The van der Waals surface area contributed by atoms with E-state index in [1.165, 1.54) is 6.33 Å². The maximum atomic E-state index is 5.74. The molecule has 0 unspecified atom stereocenters. The molecule has 0 saturated carbocycles. The predicted molar refractivity (Wildman–Crippen MR) is 109 cm³/mol. The van der Waals surface area contributed by atoms with Crippen LogP contribution in [0.25, 0.3) is 0 Å². The fourth-order valence-electron chi connectivity index (χ4n) is 2.69. The number of nitrogens with zero attached hydrogens (tertiary/aromatic N) is 4. The van der Waals surface area contributed by atoms with Crippen molar-refractivity contribution in [1.29, 1.82) is 0 Å². The number of nitrogens with two attached hydrogens (primary N) is 1. The average Bonchev–Trinajstić information content (AvgIpc) is 2.72. The number of aromatic nitrogens is 3. The highest BCUT2D eigenvalue weighted by Gasteiger charge is 2.15. The summed E-state index contributed by atoms with van der Waals surface area (Å²) in [5.74, 6) is 0.988. The zero-order valence-electron chi connectivity index (χ0n) is 14.5. The number of nitrogen functional groups attached to an aromatic ring is 1. The summed E-state index contributed by atoms with van der Waals surface area (Å²) in [7, 11) is 0. The Labute approximate surface area is 157 Å². The predicted octanol–water partition coefficient (Wildman–Crippen LogP) is 4.67. The molecule has 1 heterocycles. The summed E-state index contributed by atoms with van der Waals surface area (Å²) in [4.78, 5) is 15.2. The Balaban J connectivity index is 1.71. The molecule has 0 radical (unpaired) electrons. The molecule has 1 aromatic heterocycles. The van der Waals surface area contributed by atoms with Crippen LogP contribution >= 0.6 is 0 Å². The molecular weight excluding hydrogens is 336 g/mol.